The number of ketones is 1. The fourth-order valence-corrected chi connectivity index (χ4v) is 3.10. The maximum absolute atomic E-state index is 13.8. The van der Waals surface area contributed by atoms with Crippen LogP contribution in [0.3, 0.4) is 0 Å². The largest absolute Gasteiger partial charge is 0.496 e. The van der Waals surface area contributed by atoms with Crippen molar-refractivity contribution in [3.05, 3.63) is 47.3 Å². The number of benzene rings is 2. The topological polar surface area (TPSA) is 72.8 Å². The Balaban J connectivity index is 2.01. The van der Waals surface area contributed by atoms with Crippen molar-refractivity contribution < 1.29 is 28.6 Å². The number of carboxylic acids is 1. The van der Waals surface area contributed by atoms with E-state index in [1.165, 1.54) is 25.3 Å². The highest BCUT2D eigenvalue weighted by Gasteiger charge is 2.24. The lowest BCUT2D eigenvalue weighted by Gasteiger charge is -2.16. The lowest BCUT2D eigenvalue weighted by molar-refractivity contribution is -0.137. The summed E-state index contributed by atoms with van der Waals surface area (Å²) < 4.78 is 24.9. The molecule has 2 aromatic rings. The molecule has 1 aliphatic rings. The molecule has 2 aromatic carbocycles. The number of hydrogen-bond donors (Lipinski definition) is 1. The van der Waals surface area contributed by atoms with Gasteiger partial charge in [0.15, 0.2) is 5.78 Å². The summed E-state index contributed by atoms with van der Waals surface area (Å²) in [5.41, 5.74) is 2.67. The van der Waals surface area contributed by atoms with E-state index in [0.29, 0.717) is 47.5 Å². The van der Waals surface area contributed by atoms with E-state index < -0.39 is 11.8 Å². The second kappa shape index (κ2) is 7.56. The molecule has 0 saturated carbocycles. The Morgan fingerprint density at radius 2 is 1.88 bits per heavy atom. The lowest BCUT2D eigenvalue weighted by atomic mass is 9.98. The number of methoxy groups -OCH3 is 1. The van der Waals surface area contributed by atoms with Gasteiger partial charge in [0, 0.05) is 29.5 Å². The highest BCUT2D eigenvalue weighted by atomic mass is 19.1. The van der Waals surface area contributed by atoms with Crippen LogP contribution in [0.5, 0.6) is 11.5 Å². The summed E-state index contributed by atoms with van der Waals surface area (Å²) in [6.45, 7) is 0.184. The van der Waals surface area contributed by atoms with Gasteiger partial charge < -0.3 is 14.6 Å². The zero-order valence-electron chi connectivity index (χ0n) is 14.4. The molecule has 136 valence electrons. The SMILES string of the molecule is COc1ccc(F)cc1-c1cc2c(cc1OCCCC(=O)O)C(=O)CC2. The van der Waals surface area contributed by atoms with E-state index in [2.05, 4.69) is 0 Å². The smallest absolute Gasteiger partial charge is 0.303 e. The number of fused-ring (bicyclic) bond motifs is 1. The van der Waals surface area contributed by atoms with Crippen LogP contribution in [0.15, 0.2) is 30.3 Å². The third-order valence-corrected chi connectivity index (χ3v) is 4.37. The van der Waals surface area contributed by atoms with Crippen molar-refractivity contribution >= 4 is 11.8 Å². The lowest BCUT2D eigenvalue weighted by Crippen LogP contribution is -2.04. The monoisotopic (exact) mass is 358 g/mol. The van der Waals surface area contributed by atoms with Crippen LogP contribution < -0.4 is 9.47 Å². The summed E-state index contributed by atoms with van der Waals surface area (Å²) in [5.74, 6) is -0.341. The van der Waals surface area contributed by atoms with E-state index in [9.17, 15) is 14.0 Å². The zero-order valence-corrected chi connectivity index (χ0v) is 14.4. The number of Topliss-reactive ketones (excluding diaryl/α,β-unsaturated/α-hetero) is 1. The quantitative estimate of drug-likeness (QED) is 0.761. The number of carbonyl (C=O) groups excluding carboxylic acids is 1. The van der Waals surface area contributed by atoms with Gasteiger partial charge in [0.1, 0.15) is 17.3 Å². The third-order valence-electron chi connectivity index (χ3n) is 4.37. The highest BCUT2D eigenvalue weighted by molar-refractivity contribution is 6.02. The van der Waals surface area contributed by atoms with Crippen LogP contribution in [0.2, 0.25) is 0 Å². The summed E-state index contributed by atoms with van der Waals surface area (Å²) in [6.07, 6.45) is 1.40. The molecule has 0 amide bonds. The molecule has 0 radical (unpaired) electrons. The summed E-state index contributed by atoms with van der Waals surface area (Å²) in [5, 5.41) is 8.75. The minimum atomic E-state index is -0.898. The van der Waals surface area contributed by atoms with E-state index in [4.69, 9.17) is 14.6 Å². The Hall–Kier alpha value is -2.89. The summed E-state index contributed by atoms with van der Waals surface area (Å²) >= 11 is 0. The molecule has 0 bridgehead atoms. The van der Waals surface area contributed by atoms with Gasteiger partial charge in [-0.25, -0.2) is 4.39 Å². The first-order valence-corrected chi connectivity index (χ1v) is 8.38. The van der Waals surface area contributed by atoms with Gasteiger partial charge in [0.05, 0.1) is 13.7 Å². The van der Waals surface area contributed by atoms with Crippen LogP contribution in [0, 0.1) is 5.82 Å². The maximum atomic E-state index is 13.8. The van der Waals surface area contributed by atoms with E-state index in [0.717, 1.165) is 5.56 Å². The summed E-state index contributed by atoms with van der Waals surface area (Å²) in [6, 6.07) is 7.72. The minimum absolute atomic E-state index is 0.0114. The molecule has 0 aromatic heterocycles. The molecule has 0 saturated heterocycles. The standard InChI is InChI=1S/C20H19FO5/c1-25-18-7-5-13(21)10-16(18)15-9-12-4-6-17(22)14(12)11-19(15)26-8-2-3-20(23)24/h5,7,9-11H,2-4,6,8H2,1H3,(H,23,24). The van der Waals surface area contributed by atoms with Crippen molar-refractivity contribution in [1.29, 1.82) is 0 Å². The fraction of sp³-hybridized carbons (Fsp3) is 0.300. The molecule has 1 aliphatic carbocycles. The van der Waals surface area contributed by atoms with Crippen LogP contribution in [0.1, 0.15) is 35.2 Å². The van der Waals surface area contributed by atoms with Crippen LogP contribution in [0.4, 0.5) is 4.39 Å². The summed E-state index contributed by atoms with van der Waals surface area (Å²) in [4.78, 5) is 22.7. The fourth-order valence-electron chi connectivity index (χ4n) is 3.10. The second-order valence-electron chi connectivity index (χ2n) is 6.12. The normalized spacial score (nSPS) is 12.8. The number of carbonyl (C=O) groups is 2. The molecule has 0 aliphatic heterocycles. The molecule has 26 heavy (non-hydrogen) atoms. The van der Waals surface area contributed by atoms with Crippen molar-refractivity contribution in [2.45, 2.75) is 25.7 Å². The maximum Gasteiger partial charge on any atom is 0.303 e. The van der Waals surface area contributed by atoms with E-state index >= 15 is 0 Å². The van der Waals surface area contributed by atoms with Crippen LogP contribution in [-0.2, 0) is 11.2 Å². The van der Waals surface area contributed by atoms with Gasteiger partial charge in [0.2, 0.25) is 0 Å². The van der Waals surface area contributed by atoms with Gasteiger partial charge in [-0.15, -0.1) is 0 Å². The van der Waals surface area contributed by atoms with Crippen molar-refractivity contribution in [2.75, 3.05) is 13.7 Å². The highest BCUT2D eigenvalue weighted by Crippen LogP contribution is 2.40. The minimum Gasteiger partial charge on any atom is -0.496 e. The van der Waals surface area contributed by atoms with Crippen LogP contribution >= 0.6 is 0 Å². The van der Waals surface area contributed by atoms with Crippen LogP contribution in [0.25, 0.3) is 11.1 Å². The molecule has 3 rings (SSSR count). The molecule has 0 atom stereocenters. The van der Waals surface area contributed by atoms with Crippen molar-refractivity contribution in [2.24, 2.45) is 0 Å². The first-order chi connectivity index (χ1) is 12.5. The average Bonchev–Trinajstić information content (AvgIpc) is 2.98. The van der Waals surface area contributed by atoms with E-state index in [1.807, 2.05) is 6.07 Å². The number of aryl methyl sites for hydroxylation is 1. The van der Waals surface area contributed by atoms with Crippen LogP contribution in [-0.4, -0.2) is 30.6 Å². The number of aliphatic carboxylic acids is 1. The molecule has 0 fully saturated rings. The van der Waals surface area contributed by atoms with Gasteiger partial charge in [-0.1, -0.05) is 0 Å². The Bertz CT molecular complexity index is 860. The summed E-state index contributed by atoms with van der Waals surface area (Å²) in [7, 11) is 1.50. The molecule has 6 heteroatoms. The Labute approximate surface area is 150 Å². The number of halogens is 1. The number of hydrogen-bond acceptors (Lipinski definition) is 4. The van der Waals surface area contributed by atoms with Gasteiger partial charge >= 0.3 is 5.97 Å². The van der Waals surface area contributed by atoms with E-state index in [-0.39, 0.29) is 18.8 Å². The first-order valence-electron chi connectivity index (χ1n) is 8.38. The average molecular weight is 358 g/mol. The Kier molecular flexibility index (Phi) is 5.21. The number of ether oxygens (including phenoxy) is 2. The van der Waals surface area contributed by atoms with E-state index in [1.54, 1.807) is 6.07 Å². The molecular weight excluding hydrogens is 339 g/mol. The Morgan fingerprint density at radius 3 is 2.62 bits per heavy atom. The first kappa shape index (κ1) is 17.9. The van der Waals surface area contributed by atoms with Gasteiger partial charge in [-0.3, -0.25) is 9.59 Å². The molecule has 0 unspecified atom stereocenters. The third kappa shape index (κ3) is 3.69. The molecule has 5 nitrogen and oxygen atoms in total. The molecular formula is C20H19FO5. The van der Waals surface area contributed by atoms with Gasteiger partial charge in [0.25, 0.3) is 0 Å². The van der Waals surface area contributed by atoms with Crippen molar-refractivity contribution in [1.82, 2.24) is 0 Å². The number of carboxylic acid groups (broad SMARTS) is 1. The Morgan fingerprint density at radius 1 is 1.12 bits per heavy atom. The predicted octanol–water partition coefficient (Wildman–Crippen LogP) is 3.87. The number of rotatable bonds is 7. The molecule has 0 spiro atoms. The molecule has 1 N–H and O–H groups in total. The predicted molar refractivity (Wildman–Crippen MR) is 93.4 cm³/mol. The van der Waals surface area contributed by atoms with Gasteiger partial charge in [-0.05, 0) is 48.7 Å². The van der Waals surface area contributed by atoms with Gasteiger partial charge in [-0.2, -0.15) is 0 Å². The van der Waals surface area contributed by atoms with Crippen molar-refractivity contribution in [3.8, 4) is 22.6 Å². The molecule has 0 heterocycles. The van der Waals surface area contributed by atoms with Crippen molar-refractivity contribution in [3.63, 3.8) is 0 Å². The second-order valence-corrected chi connectivity index (χ2v) is 6.12. The zero-order chi connectivity index (χ0) is 18.7.